The Kier molecular flexibility index (Phi) is 3.64. The summed E-state index contributed by atoms with van der Waals surface area (Å²) in [6.07, 6.45) is 0. The largest absolute Gasteiger partial charge is 0.368 e. The van der Waals surface area contributed by atoms with E-state index in [2.05, 4.69) is 0 Å². The summed E-state index contributed by atoms with van der Waals surface area (Å²) in [6, 6.07) is 3.53. The van der Waals surface area contributed by atoms with Crippen molar-refractivity contribution in [2.24, 2.45) is 5.73 Å². The summed E-state index contributed by atoms with van der Waals surface area (Å²) in [5.41, 5.74) is 5.03. The molecule has 0 spiro atoms. The van der Waals surface area contributed by atoms with Crippen molar-refractivity contribution in [2.75, 3.05) is 13.1 Å². The number of primary amides is 1. The molecule has 0 saturated heterocycles. The van der Waals surface area contributed by atoms with Gasteiger partial charge in [-0.1, -0.05) is 6.07 Å². The number of hydrogen-bond donors (Lipinski definition) is 1. The highest BCUT2D eigenvalue weighted by atomic mass is 32.1. The van der Waals surface area contributed by atoms with Crippen molar-refractivity contribution >= 4 is 23.2 Å². The van der Waals surface area contributed by atoms with Crippen LogP contribution in [0.25, 0.3) is 0 Å². The van der Waals surface area contributed by atoms with E-state index in [1.165, 1.54) is 16.2 Å². The van der Waals surface area contributed by atoms with Gasteiger partial charge in [-0.05, 0) is 18.4 Å². The van der Waals surface area contributed by atoms with E-state index in [0.717, 1.165) is 0 Å². The van der Waals surface area contributed by atoms with Gasteiger partial charge in [-0.25, -0.2) is 0 Å². The standard InChI is InChI=1S/C9H12N2O2S/c1-2-11(6-8(10)12)9(13)7-4-3-5-14-7/h3-5H,2,6H2,1H3,(H2,10,12). The van der Waals surface area contributed by atoms with Crippen LogP contribution in [0.1, 0.15) is 16.6 Å². The molecule has 0 aliphatic heterocycles. The van der Waals surface area contributed by atoms with Gasteiger partial charge in [-0.3, -0.25) is 9.59 Å². The van der Waals surface area contributed by atoms with E-state index in [0.29, 0.717) is 11.4 Å². The summed E-state index contributed by atoms with van der Waals surface area (Å²) in [4.78, 5) is 24.4. The summed E-state index contributed by atoms with van der Waals surface area (Å²) in [5, 5.41) is 1.82. The second-order valence-corrected chi connectivity index (χ2v) is 3.71. The third-order valence-electron chi connectivity index (χ3n) is 1.75. The van der Waals surface area contributed by atoms with Crippen molar-refractivity contribution in [2.45, 2.75) is 6.92 Å². The molecule has 0 bridgehead atoms. The maximum atomic E-state index is 11.7. The van der Waals surface area contributed by atoms with Gasteiger partial charge in [0.1, 0.15) is 0 Å². The van der Waals surface area contributed by atoms with Gasteiger partial charge < -0.3 is 10.6 Å². The number of carbonyl (C=O) groups is 2. The number of rotatable bonds is 4. The Bertz CT molecular complexity index is 322. The normalized spacial score (nSPS) is 9.79. The zero-order valence-corrected chi connectivity index (χ0v) is 8.71. The van der Waals surface area contributed by atoms with Crippen LogP contribution in [-0.2, 0) is 4.79 Å². The Morgan fingerprint density at radius 1 is 1.57 bits per heavy atom. The Labute approximate surface area is 86.3 Å². The fourth-order valence-corrected chi connectivity index (χ4v) is 1.76. The van der Waals surface area contributed by atoms with Crippen molar-refractivity contribution in [3.05, 3.63) is 22.4 Å². The number of nitrogens with two attached hydrogens (primary N) is 1. The van der Waals surface area contributed by atoms with E-state index < -0.39 is 5.91 Å². The van der Waals surface area contributed by atoms with Gasteiger partial charge in [0.2, 0.25) is 5.91 Å². The minimum absolute atomic E-state index is 0.0206. The first-order valence-electron chi connectivity index (χ1n) is 4.26. The van der Waals surface area contributed by atoms with Gasteiger partial charge in [-0.2, -0.15) is 0 Å². The van der Waals surface area contributed by atoms with Gasteiger partial charge in [0.15, 0.2) is 0 Å². The molecule has 0 fully saturated rings. The monoisotopic (exact) mass is 212 g/mol. The molecule has 0 aliphatic rings. The Morgan fingerprint density at radius 3 is 2.71 bits per heavy atom. The maximum absolute atomic E-state index is 11.7. The molecule has 0 radical (unpaired) electrons. The van der Waals surface area contributed by atoms with Crippen LogP contribution >= 0.6 is 11.3 Å². The molecule has 0 aliphatic carbocycles. The van der Waals surface area contributed by atoms with Crippen molar-refractivity contribution in [1.82, 2.24) is 4.90 Å². The van der Waals surface area contributed by atoms with Crippen LogP contribution in [0.15, 0.2) is 17.5 Å². The van der Waals surface area contributed by atoms with Crippen LogP contribution < -0.4 is 5.73 Å². The van der Waals surface area contributed by atoms with E-state index in [1.54, 1.807) is 12.1 Å². The molecule has 76 valence electrons. The number of hydrogen-bond acceptors (Lipinski definition) is 3. The van der Waals surface area contributed by atoms with Gasteiger partial charge in [0, 0.05) is 6.54 Å². The molecule has 1 rings (SSSR count). The molecule has 5 heteroatoms. The number of thiophene rings is 1. The molecular formula is C9H12N2O2S. The van der Waals surface area contributed by atoms with E-state index in [1.807, 2.05) is 12.3 Å². The summed E-state index contributed by atoms with van der Waals surface area (Å²) in [7, 11) is 0. The molecule has 1 aromatic heterocycles. The smallest absolute Gasteiger partial charge is 0.264 e. The second-order valence-electron chi connectivity index (χ2n) is 2.76. The van der Waals surface area contributed by atoms with Crippen molar-refractivity contribution in [1.29, 1.82) is 0 Å². The average Bonchev–Trinajstić information content (AvgIpc) is 2.65. The van der Waals surface area contributed by atoms with Gasteiger partial charge in [0.25, 0.3) is 5.91 Å². The lowest BCUT2D eigenvalue weighted by atomic mass is 10.3. The predicted molar refractivity (Wildman–Crippen MR) is 55.1 cm³/mol. The lowest BCUT2D eigenvalue weighted by molar-refractivity contribution is -0.118. The van der Waals surface area contributed by atoms with Crippen LogP contribution in [0.2, 0.25) is 0 Å². The summed E-state index contributed by atoms with van der Waals surface area (Å²) >= 11 is 1.36. The molecule has 4 nitrogen and oxygen atoms in total. The lowest BCUT2D eigenvalue weighted by Gasteiger charge is -2.17. The Balaban J connectivity index is 2.70. The maximum Gasteiger partial charge on any atom is 0.264 e. The summed E-state index contributed by atoms with van der Waals surface area (Å²) < 4.78 is 0. The Hall–Kier alpha value is -1.36. The summed E-state index contributed by atoms with van der Waals surface area (Å²) in [5.74, 6) is -0.627. The highest BCUT2D eigenvalue weighted by molar-refractivity contribution is 7.12. The minimum Gasteiger partial charge on any atom is -0.368 e. The van der Waals surface area contributed by atoms with Crippen LogP contribution in [0.4, 0.5) is 0 Å². The third kappa shape index (κ3) is 2.56. The zero-order valence-electron chi connectivity index (χ0n) is 7.90. The highest BCUT2D eigenvalue weighted by Crippen LogP contribution is 2.11. The lowest BCUT2D eigenvalue weighted by Crippen LogP contribution is -2.37. The van der Waals surface area contributed by atoms with Crippen molar-refractivity contribution in [3.8, 4) is 0 Å². The first kappa shape index (κ1) is 10.7. The van der Waals surface area contributed by atoms with E-state index in [-0.39, 0.29) is 12.5 Å². The second kappa shape index (κ2) is 4.76. The van der Waals surface area contributed by atoms with E-state index in [9.17, 15) is 9.59 Å². The zero-order chi connectivity index (χ0) is 10.6. The molecule has 14 heavy (non-hydrogen) atoms. The Morgan fingerprint density at radius 2 is 2.29 bits per heavy atom. The topological polar surface area (TPSA) is 63.4 Å². The minimum atomic E-state index is -0.489. The fraction of sp³-hybridized carbons (Fsp3) is 0.333. The van der Waals surface area contributed by atoms with Gasteiger partial charge in [0.05, 0.1) is 11.4 Å². The number of likely N-dealkylation sites (N-methyl/N-ethyl adjacent to an activating group) is 1. The van der Waals surface area contributed by atoms with E-state index >= 15 is 0 Å². The quantitative estimate of drug-likeness (QED) is 0.798. The molecule has 0 unspecified atom stereocenters. The summed E-state index contributed by atoms with van der Waals surface area (Å²) in [6.45, 7) is 2.28. The average molecular weight is 212 g/mol. The molecule has 0 atom stereocenters. The van der Waals surface area contributed by atoms with Crippen molar-refractivity contribution in [3.63, 3.8) is 0 Å². The van der Waals surface area contributed by atoms with Crippen molar-refractivity contribution < 1.29 is 9.59 Å². The number of nitrogens with zero attached hydrogens (tertiary/aromatic N) is 1. The van der Waals surface area contributed by atoms with Crippen LogP contribution in [0.3, 0.4) is 0 Å². The SMILES string of the molecule is CCN(CC(N)=O)C(=O)c1cccs1. The highest BCUT2D eigenvalue weighted by Gasteiger charge is 2.16. The number of carbonyl (C=O) groups excluding carboxylic acids is 2. The van der Waals surface area contributed by atoms with Crippen LogP contribution in [0.5, 0.6) is 0 Å². The first-order chi connectivity index (χ1) is 6.65. The van der Waals surface area contributed by atoms with Crippen LogP contribution in [-0.4, -0.2) is 29.8 Å². The predicted octanol–water partition coefficient (Wildman–Crippen LogP) is 0.695. The molecule has 2 N–H and O–H groups in total. The molecule has 1 heterocycles. The van der Waals surface area contributed by atoms with Gasteiger partial charge in [-0.15, -0.1) is 11.3 Å². The number of amides is 2. The fourth-order valence-electron chi connectivity index (χ4n) is 1.07. The third-order valence-corrected chi connectivity index (χ3v) is 2.61. The first-order valence-corrected chi connectivity index (χ1v) is 5.14. The van der Waals surface area contributed by atoms with Crippen LogP contribution in [0, 0.1) is 0 Å². The molecule has 2 amide bonds. The molecule has 0 aromatic carbocycles. The van der Waals surface area contributed by atoms with Gasteiger partial charge >= 0.3 is 0 Å². The molecular weight excluding hydrogens is 200 g/mol. The molecule has 1 aromatic rings. The molecule has 0 saturated carbocycles. The van der Waals surface area contributed by atoms with E-state index in [4.69, 9.17) is 5.73 Å².